The summed E-state index contributed by atoms with van der Waals surface area (Å²) in [7, 11) is 0. The van der Waals surface area contributed by atoms with Gasteiger partial charge in [0.15, 0.2) is 0 Å². The molecule has 0 spiro atoms. The van der Waals surface area contributed by atoms with Gasteiger partial charge in [0.1, 0.15) is 22.4 Å². The van der Waals surface area contributed by atoms with Gasteiger partial charge in [-0.1, -0.05) is 0 Å². The molecule has 0 aromatic rings. The molecule has 1 atom stereocenters. The normalized spacial score (nSPS) is 13.8. The largest absolute Gasteiger partial charge is 0.458 e. The van der Waals surface area contributed by atoms with Crippen molar-refractivity contribution in [3.8, 4) is 0 Å². The van der Waals surface area contributed by atoms with E-state index in [4.69, 9.17) is 24.7 Å². The van der Waals surface area contributed by atoms with Crippen LogP contribution in [0.15, 0.2) is 0 Å². The van der Waals surface area contributed by atoms with Crippen LogP contribution in [0.4, 0.5) is 9.59 Å². The van der Waals surface area contributed by atoms with Crippen LogP contribution in [0.3, 0.4) is 0 Å². The predicted molar refractivity (Wildman–Crippen MR) is 150 cm³/mol. The zero-order valence-corrected chi connectivity index (χ0v) is 26.4. The summed E-state index contributed by atoms with van der Waals surface area (Å²) in [6.45, 7) is 18.9. The van der Waals surface area contributed by atoms with E-state index in [1.807, 2.05) is 0 Å². The van der Waals surface area contributed by atoms with Crippen LogP contribution >= 0.6 is 0 Å². The molecule has 0 fully saturated rings. The van der Waals surface area contributed by atoms with E-state index in [1.54, 1.807) is 83.1 Å². The molecule has 0 aliphatic rings. The quantitative estimate of drug-likeness (QED) is 0.122. The molecular formula is C27H52N4O9. The van der Waals surface area contributed by atoms with Gasteiger partial charge >= 0.3 is 24.1 Å². The average molecular weight is 577 g/mol. The molecule has 0 aliphatic carbocycles. The number of nitrogens with two attached hydrogens (primary N) is 1. The van der Waals surface area contributed by atoms with E-state index in [0.717, 1.165) is 0 Å². The molecule has 0 aromatic carbocycles. The van der Waals surface area contributed by atoms with Gasteiger partial charge in [0, 0.05) is 32.7 Å². The van der Waals surface area contributed by atoms with Crippen molar-refractivity contribution in [3.63, 3.8) is 0 Å². The Hall–Kier alpha value is -2.48. The van der Waals surface area contributed by atoms with Gasteiger partial charge in [0.25, 0.3) is 5.54 Å². The number of esters is 2. The number of aliphatic hydroxyl groups excluding tert-OH is 1. The lowest BCUT2D eigenvalue weighted by molar-refractivity contribution is -0.186. The van der Waals surface area contributed by atoms with E-state index in [0.29, 0.717) is 18.0 Å². The van der Waals surface area contributed by atoms with Gasteiger partial charge in [-0.25, -0.2) is 19.2 Å². The fourth-order valence-electron chi connectivity index (χ4n) is 3.08. The number of carbonyl (C=O) groups excluding carboxylic acids is 4. The van der Waals surface area contributed by atoms with Crippen molar-refractivity contribution in [1.82, 2.24) is 15.5 Å². The minimum Gasteiger partial charge on any atom is -0.458 e. The molecule has 2 amide bonds. The molecular weight excluding hydrogens is 524 g/mol. The van der Waals surface area contributed by atoms with Crippen LogP contribution in [0.1, 0.15) is 83.1 Å². The summed E-state index contributed by atoms with van der Waals surface area (Å²) in [5, 5.41) is 16.2. The number of nitrogens with one attached hydrogen (secondary N) is 2. The topological polar surface area (TPSA) is 179 Å². The Bertz CT molecular complexity index is 809. The second-order valence-corrected chi connectivity index (χ2v) is 13.4. The van der Waals surface area contributed by atoms with E-state index in [1.165, 1.54) is 0 Å². The summed E-state index contributed by atoms with van der Waals surface area (Å²) >= 11 is 0. The zero-order valence-electron chi connectivity index (χ0n) is 26.4. The summed E-state index contributed by atoms with van der Waals surface area (Å²) in [5.41, 5.74) is -1.79. The first-order valence-electron chi connectivity index (χ1n) is 13.4. The third kappa shape index (κ3) is 13.7. The summed E-state index contributed by atoms with van der Waals surface area (Å²) in [5.74, 6) is -2.51. The van der Waals surface area contributed by atoms with Gasteiger partial charge in [0.05, 0.1) is 6.10 Å². The van der Waals surface area contributed by atoms with Crippen LogP contribution in [0.25, 0.3) is 0 Å². The second kappa shape index (κ2) is 14.4. The molecule has 1 unspecified atom stereocenters. The van der Waals surface area contributed by atoms with Gasteiger partial charge in [-0.15, -0.1) is 0 Å². The van der Waals surface area contributed by atoms with Gasteiger partial charge in [-0.2, -0.15) is 4.90 Å². The number of amides is 2. The molecule has 40 heavy (non-hydrogen) atoms. The lowest BCUT2D eigenvalue weighted by Gasteiger charge is -2.41. The van der Waals surface area contributed by atoms with Gasteiger partial charge in [-0.05, 0) is 83.1 Å². The molecule has 0 saturated heterocycles. The number of imide groups is 1. The molecule has 0 radical (unpaired) electrons. The minimum atomic E-state index is -2.74. The highest BCUT2D eigenvalue weighted by atomic mass is 16.6. The number of rotatable bonds is 11. The van der Waals surface area contributed by atoms with Crippen molar-refractivity contribution in [3.05, 3.63) is 0 Å². The maximum absolute atomic E-state index is 14.0. The Kier molecular flexibility index (Phi) is 13.5. The fraction of sp³-hybridized carbons (Fsp3) is 0.852. The van der Waals surface area contributed by atoms with Crippen LogP contribution in [0, 0.1) is 0 Å². The number of nitrogens with zero attached hydrogens (tertiary/aromatic N) is 1. The minimum absolute atomic E-state index is 0.138. The van der Waals surface area contributed by atoms with Crippen molar-refractivity contribution in [2.24, 2.45) is 5.73 Å². The smallest absolute Gasteiger partial charge is 0.421 e. The van der Waals surface area contributed by atoms with Gasteiger partial charge < -0.3 is 40.4 Å². The average Bonchev–Trinajstić information content (AvgIpc) is 2.67. The molecule has 0 heterocycles. The van der Waals surface area contributed by atoms with Crippen LogP contribution in [-0.2, 0) is 28.5 Å². The Balaban J connectivity index is 7.11. The first-order valence-corrected chi connectivity index (χ1v) is 13.4. The first-order chi connectivity index (χ1) is 17.8. The van der Waals surface area contributed by atoms with Crippen molar-refractivity contribution in [1.29, 1.82) is 0 Å². The van der Waals surface area contributed by atoms with Crippen LogP contribution in [-0.4, -0.2) is 101 Å². The van der Waals surface area contributed by atoms with Crippen molar-refractivity contribution < 1.29 is 43.2 Å². The molecule has 234 valence electrons. The monoisotopic (exact) mass is 576 g/mol. The highest BCUT2D eigenvalue weighted by Gasteiger charge is 2.62. The van der Waals surface area contributed by atoms with Crippen molar-refractivity contribution >= 4 is 24.1 Å². The van der Waals surface area contributed by atoms with Crippen molar-refractivity contribution in [2.45, 2.75) is 117 Å². The Morgan fingerprint density at radius 1 is 0.675 bits per heavy atom. The highest BCUT2D eigenvalue weighted by Crippen LogP contribution is 2.29. The Morgan fingerprint density at radius 3 is 1.35 bits per heavy atom. The number of hydrogen-bond acceptors (Lipinski definition) is 12. The SMILES string of the molecule is CC(C)(C)OC(=O)N(C(=O)OC(C)(C)C)C(CNCC(O)CNCCN)(C(=O)OC(C)(C)C)C(=O)OC(C)(C)C. The maximum atomic E-state index is 14.0. The summed E-state index contributed by atoms with van der Waals surface area (Å²) in [4.78, 5) is 55.5. The van der Waals surface area contributed by atoms with E-state index in [2.05, 4.69) is 10.6 Å². The van der Waals surface area contributed by atoms with Crippen LogP contribution < -0.4 is 16.4 Å². The van der Waals surface area contributed by atoms with Gasteiger partial charge in [0.2, 0.25) is 0 Å². The lowest BCUT2D eigenvalue weighted by Crippen LogP contribution is -2.71. The van der Waals surface area contributed by atoms with Crippen molar-refractivity contribution in [2.75, 3.05) is 32.7 Å². The number of aliphatic hydroxyl groups is 1. The molecule has 0 saturated carbocycles. The van der Waals surface area contributed by atoms with E-state index in [-0.39, 0.29) is 13.1 Å². The molecule has 0 rings (SSSR count). The van der Waals surface area contributed by atoms with E-state index in [9.17, 15) is 24.3 Å². The maximum Gasteiger partial charge on any atom is 0.421 e. The third-order valence-corrected chi connectivity index (χ3v) is 4.47. The van der Waals surface area contributed by atoms with Crippen LogP contribution in [0.5, 0.6) is 0 Å². The third-order valence-electron chi connectivity index (χ3n) is 4.47. The molecule has 5 N–H and O–H groups in total. The summed E-state index contributed by atoms with van der Waals surface area (Å²) in [6, 6.07) is 0. The standard InChI is InChI=1S/C27H52N4O9/c1-23(2,3)37-19(33)27(20(34)38-24(4,5)6,17-30-16-18(32)15-29-14-13-28)31(21(35)39-25(7,8)9)22(36)40-26(10,11)12/h18,29-30,32H,13-17,28H2,1-12H3. The van der Waals surface area contributed by atoms with Crippen LogP contribution in [0.2, 0.25) is 0 Å². The lowest BCUT2D eigenvalue weighted by atomic mass is 9.95. The molecule has 0 bridgehead atoms. The molecule has 0 aliphatic heterocycles. The second-order valence-electron chi connectivity index (χ2n) is 13.4. The Morgan fingerprint density at radius 2 is 1.02 bits per heavy atom. The molecule has 13 nitrogen and oxygen atoms in total. The van der Waals surface area contributed by atoms with E-state index >= 15 is 0 Å². The number of ether oxygens (including phenoxy) is 4. The zero-order chi connectivity index (χ0) is 31.7. The highest BCUT2D eigenvalue weighted by molar-refractivity contribution is 6.12. The molecule has 0 aromatic heterocycles. The number of hydrogen-bond donors (Lipinski definition) is 4. The number of carbonyl (C=O) groups is 4. The first kappa shape index (κ1) is 37.5. The Labute approximate surface area is 238 Å². The fourth-order valence-corrected chi connectivity index (χ4v) is 3.08. The van der Waals surface area contributed by atoms with Gasteiger partial charge in [-0.3, -0.25) is 0 Å². The van der Waals surface area contributed by atoms with E-state index < -0.39 is 64.7 Å². The summed E-state index contributed by atoms with van der Waals surface area (Å²) < 4.78 is 22.1. The predicted octanol–water partition coefficient (Wildman–Crippen LogP) is 2.08. The molecule has 13 heteroatoms. The summed E-state index contributed by atoms with van der Waals surface area (Å²) in [6.07, 6.45) is -3.63.